The zero-order valence-electron chi connectivity index (χ0n) is 15.0. The average molecular weight is 372 g/mol. The Labute approximate surface area is 160 Å². The van der Waals surface area contributed by atoms with Gasteiger partial charge in [0.2, 0.25) is 5.95 Å². The Morgan fingerprint density at radius 1 is 1.04 bits per heavy atom. The van der Waals surface area contributed by atoms with E-state index in [9.17, 15) is 4.79 Å². The lowest BCUT2D eigenvalue weighted by Crippen LogP contribution is -2.04. The Balaban J connectivity index is 1.57. The summed E-state index contributed by atoms with van der Waals surface area (Å²) in [5, 5.41) is 15.3. The molecule has 0 fully saturated rings. The summed E-state index contributed by atoms with van der Waals surface area (Å²) in [7, 11) is 1.34. The Morgan fingerprint density at radius 3 is 2.79 bits per heavy atom. The molecule has 0 aliphatic heterocycles. The molecule has 138 valence electrons. The van der Waals surface area contributed by atoms with Crippen LogP contribution in [0.4, 0.5) is 23.1 Å². The van der Waals surface area contributed by atoms with Gasteiger partial charge in [-0.2, -0.15) is 10.1 Å². The van der Waals surface area contributed by atoms with E-state index in [2.05, 4.69) is 30.8 Å². The van der Waals surface area contributed by atoms with Crippen LogP contribution >= 0.6 is 0 Å². The molecule has 2 heterocycles. The maximum Gasteiger partial charge on any atom is 0.337 e. The number of aromatic nitrogens is 4. The third kappa shape index (κ3) is 3.70. The van der Waals surface area contributed by atoms with Crippen LogP contribution < -0.4 is 10.6 Å². The van der Waals surface area contributed by atoms with Crippen LogP contribution in [0.5, 0.6) is 0 Å². The van der Waals surface area contributed by atoms with Gasteiger partial charge in [0.15, 0.2) is 5.82 Å². The number of nitrogens with zero attached hydrogens (tertiary/aromatic N) is 4. The zero-order chi connectivity index (χ0) is 19.3. The van der Waals surface area contributed by atoms with Crippen LogP contribution in [0.15, 0.2) is 67.0 Å². The number of hydrogen-bond donors (Lipinski definition) is 2. The minimum absolute atomic E-state index is 0.292. The van der Waals surface area contributed by atoms with Crippen LogP contribution in [-0.4, -0.2) is 33.2 Å². The molecular weight excluding hydrogens is 356 g/mol. The van der Waals surface area contributed by atoms with E-state index >= 15 is 0 Å². The van der Waals surface area contributed by atoms with Crippen molar-refractivity contribution in [3.8, 4) is 0 Å². The number of hydrogen-bond acceptors (Lipinski definition) is 8. The van der Waals surface area contributed by atoms with Crippen LogP contribution in [0, 0.1) is 0 Å². The van der Waals surface area contributed by atoms with Gasteiger partial charge in [0.1, 0.15) is 0 Å². The van der Waals surface area contributed by atoms with Crippen molar-refractivity contribution < 1.29 is 9.53 Å². The molecule has 8 heteroatoms. The molecule has 8 nitrogen and oxygen atoms in total. The molecule has 0 amide bonds. The van der Waals surface area contributed by atoms with E-state index in [4.69, 9.17) is 4.74 Å². The van der Waals surface area contributed by atoms with E-state index in [-0.39, 0.29) is 0 Å². The van der Waals surface area contributed by atoms with Gasteiger partial charge >= 0.3 is 5.97 Å². The zero-order valence-corrected chi connectivity index (χ0v) is 15.0. The number of fused-ring (bicyclic) bond motifs is 1. The lowest BCUT2D eigenvalue weighted by Gasteiger charge is -2.10. The van der Waals surface area contributed by atoms with Crippen molar-refractivity contribution in [2.24, 2.45) is 0 Å². The molecule has 4 rings (SSSR count). The molecule has 0 aliphatic carbocycles. The van der Waals surface area contributed by atoms with Gasteiger partial charge < -0.3 is 15.4 Å². The summed E-state index contributed by atoms with van der Waals surface area (Å²) in [6, 6.07) is 16.6. The van der Waals surface area contributed by atoms with Gasteiger partial charge in [-0.05, 0) is 30.3 Å². The molecule has 2 aromatic carbocycles. The van der Waals surface area contributed by atoms with Crippen molar-refractivity contribution in [3.05, 3.63) is 72.6 Å². The number of nitrogens with one attached hydrogen (secondary N) is 2. The van der Waals surface area contributed by atoms with Crippen molar-refractivity contribution in [1.29, 1.82) is 0 Å². The first kappa shape index (κ1) is 17.3. The fraction of sp³-hybridized carbons (Fsp3) is 0.0500. The molecule has 0 spiro atoms. The number of esters is 1. The minimum atomic E-state index is -0.415. The van der Waals surface area contributed by atoms with Crippen molar-refractivity contribution in [3.63, 3.8) is 0 Å². The van der Waals surface area contributed by atoms with Crippen LogP contribution in [0.25, 0.3) is 10.9 Å². The van der Waals surface area contributed by atoms with Gasteiger partial charge in [-0.3, -0.25) is 4.98 Å². The van der Waals surface area contributed by atoms with E-state index in [1.54, 1.807) is 30.5 Å². The summed E-state index contributed by atoms with van der Waals surface area (Å²) in [6.45, 7) is 0. The first-order valence-electron chi connectivity index (χ1n) is 8.49. The largest absolute Gasteiger partial charge is 0.465 e. The fourth-order valence-corrected chi connectivity index (χ4v) is 2.73. The smallest absolute Gasteiger partial charge is 0.337 e. The summed E-state index contributed by atoms with van der Waals surface area (Å²) >= 11 is 0. The summed E-state index contributed by atoms with van der Waals surface area (Å²) in [6.07, 6.45) is 3.27. The highest BCUT2D eigenvalue weighted by Crippen LogP contribution is 2.24. The first-order valence-corrected chi connectivity index (χ1v) is 8.49. The lowest BCUT2D eigenvalue weighted by atomic mass is 10.2. The monoisotopic (exact) mass is 372 g/mol. The minimum Gasteiger partial charge on any atom is -0.465 e. The average Bonchev–Trinajstić information content (AvgIpc) is 2.74. The Bertz CT molecular complexity index is 1140. The topological polar surface area (TPSA) is 102 Å². The fourth-order valence-electron chi connectivity index (χ4n) is 2.73. The molecule has 4 aromatic rings. The summed E-state index contributed by atoms with van der Waals surface area (Å²) in [5.74, 6) is 0.390. The van der Waals surface area contributed by atoms with E-state index in [1.165, 1.54) is 13.3 Å². The number of carbonyl (C=O) groups is 1. The van der Waals surface area contributed by atoms with Crippen LogP contribution in [0.2, 0.25) is 0 Å². The number of pyridine rings is 1. The normalized spacial score (nSPS) is 10.5. The molecule has 0 unspecified atom stereocenters. The van der Waals surface area contributed by atoms with Crippen molar-refractivity contribution in [1.82, 2.24) is 20.2 Å². The second kappa shape index (κ2) is 7.67. The number of benzene rings is 2. The second-order valence-electron chi connectivity index (χ2n) is 5.87. The molecule has 0 aliphatic rings. The third-order valence-corrected chi connectivity index (χ3v) is 3.99. The molecule has 0 saturated heterocycles. The van der Waals surface area contributed by atoms with Gasteiger partial charge in [-0.1, -0.05) is 24.3 Å². The maximum absolute atomic E-state index is 11.7. The number of methoxy groups -OCH3 is 1. The van der Waals surface area contributed by atoms with Gasteiger partial charge in [-0.25, -0.2) is 4.79 Å². The maximum atomic E-state index is 11.7. The first-order chi connectivity index (χ1) is 13.7. The standard InChI is InChI=1S/C20H16N6O2/c1-28-19(27)14-6-2-8-15(11-14)23-20-25-17(12-22-26-20)24-16-9-3-5-13-7-4-10-21-18(13)16/h2-12H,1H3,(H2,23,24,25,26). The quantitative estimate of drug-likeness (QED) is 0.511. The van der Waals surface area contributed by atoms with Crippen molar-refractivity contribution in [2.45, 2.75) is 0 Å². The van der Waals surface area contributed by atoms with Crippen molar-refractivity contribution >= 4 is 40.0 Å². The second-order valence-corrected chi connectivity index (χ2v) is 5.87. The summed E-state index contributed by atoms with van der Waals surface area (Å²) in [4.78, 5) is 20.5. The predicted molar refractivity (Wildman–Crippen MR) is 106 cm³/mol. The molecule has 2 aromatic heterocycles. The molecular formula is C20H16N6O2. The summed E-state index contributed by atoms with van der Waals surface area (Å²) < 4.78 is 4.74. The van der Waals surface area contributed by atoms with E-state index in [0.717, 1.165) is 16.6 Å². The molecule has 0 atom stereocenters. The molecule has 0 radical (unpaired) electrons. The Hall–Kier alpha value is -4.07. The SMILES string of the molecule is COC(=O)c1cccc(Nc2nncc(Nc3cccc4cccnc34)n2)c1. The molecule has 2 N–H and O–H groups in total. The van der Waals surface area contributed by atoms with E-state index < -0.39 is 5.97 Å². The Morgan fingerprint density at radius 2 is 1.89 bits per heavy atom. The number of para-hydroxylation sites is 1. The van der Waals surface area contributed by atoms with Gasteiger partial charge in [0.05, 0.1) is 30.1 Å². The number of carbonyl (C=O) groups excluding carboxylic acids is 1. The Kier molecular flexibility index (Phi) is 4.75. The van der Waals surface area contributed by atoms with Crippen LogP contribution in [0.1, 0.15) is 10.4 Å². The van der Waals surface area contributed by atoms with E-state index in [0.29, 0.717) is 23.0 Å². The van der Waals surface area contributed by atoms with E-state index in [1.807, 2.05) is 30.3 Å². The highest BCUT2D eigenvalue weighted by atomic mass is 16.5. The van der Waals surface area contributed by atoms with Crippen LogP contribution in [0.3, 0.4) is 0 Å². The highest BCUT2D eigenvalue weighted by molar-refractivity contribution is 5.92. The van der Waals surface area contributed by atoms with Gasteiger partial charge in [0.25, 0.3) is 0 Å². The molecule has 0 saturated carbocycles. The van der Waals surface area contributed by atoms with Crippen molar-refractivity contribution in [2.75, 3.05) is 17.7 Å². The molecule has 28 heavy (non-hydrogen) atoms. The third-order valence-electron chi connectivity index (χ3n) is 3.99. The van der Waals surface area contributed by atoms with Gasteiger partial charge in [0, 0.05) is 17.3 Å². The number of ether oxygens (including phenoxy) is 1. The molecule has 0 bridgehead atoms. The number of anilines is 4. The lowest BCUT2D eigenvalue weighted by molar-refractivity contribution is 0.0601. The predicted octanol–water partition coefficient (Wildman–Crippen LogP) is 3.69. The summed E-state index contributed by atoms with van der Waals surface area (Å²) in [5.41, 5.74) is 2.73. The highest BCUT2D eigenvalue weighted by Gasteiger charge is 2.08. The van der Waals surface area contributed by atoms with Crippen LogP contribution in [-0.2, 0) is 4.74 Å². The van der Waals surface area contributed by atoms with Gasteiger partial charge in [-0.15, -0.1) is 5.10 Å². The number of rotatable bonds is 5.